The molecule has 0 aliphatic carbocycles. The van der Waals surface area contributed by atoms with Crippen LogP contribution in [0.4, 0.5) is 5.69 Å². The van der Waals surface area contributed by atoms with Gasteiger partial charge >= 0.3 is 0 Å². The van der Waals surface area contributed by atoms with Gasteiger partial charge in [-0.1, -0.05) is 50.2 Å². The Morgan fingerprint density at radius 3 is 2.33 bits per heavy atom. The number of likely N-dealkylation sites (N-methyl/N-ethyl adjacent to an activating group) is 1. The van der Waals surface area contributed by atoms with Crippen molar-refractivity contribution in [3.63, 3.8) is 0 Å². The molecule has 0 aromatic heterocycles. The topological polar surface area (TPSA) is 43.9 Å². The molecule has 1 saturated heterocycles. The quantitative estimate of drug-likeness (QED) is 0.816. The van der Waals surface area contributed by atoms with Gasteiger partial charge in [0.1, 0.15) is 0 Å². The van der Waals surface area contributed by atoms with Gasteiger partial charge < -0.3 is 9.80 Å². The summed E-state index contributed by atoms with van der Waals surface area (Å²) < 4.78 is 0. The molecule has 1 aliphatic rings. The molecular formula is C22H29N3O2. The highest BCUT2D eigenvalue weighted by molar-refractivity contribution is 6.04. The molecule has 2 amide bonds. The molecule has 0 unspecified atom stereocenters. The second-order valence-corrected chi connectivity index (χ2v) is 7.39. The maximum absolute atomic E-state index is 13.0. The fourth-order valence-electron chi connectivity index (χ4n) is 3.69. The average molecular weight is 367 g/mol. The van der Waals surface area contributed by atoms with Crippen LogP contribution in [0.15, 0.2) is 42.5 Å². The van der Waals surface area contributed by atoms with Gasteiger partial charge in [-0.25, -0.2) is 0 Å². The Labute approximate surface area is 161 Å². The van der Waals surface area contributed by atoms with Crippen molar-refractivity contribution in [2.24, 2.45) is 5.92 Å². The summed E-state index contributed by atoms with van der Waals surface area (Å²) in [5.41, 5.74) is 0.967. The summed E-state index contributed by atoms with van der Waals surface area (Å²) in [6.45, 7) is 9.80. The van der Waals surface area contributed by atoms with E-state index in [4.69, 9.17) is 0 Å². The lowest BCUT2D eigenvalue weighted by molar-refractivity contribution is -0.136. The third-order valence-corrected chi connectivity index (χ3v) is 5.21. The van der Waals surface area contributed by atoms with Gasteiger partial charge in [-0.05, 0) is 18.4 Å². The van der Waals surface area contributed by atoms with E-state index in [-0.39, 0.29) is 17.7 Å². The molecule has 0 saturated carbocycles. The van der Waals surface area contributed by atoms with Crippen LogP contribution in [0.25, 0.3) is 10.8 Å². The zero-order valence-corrected chi connectivity index (χ0v) is 16.5. The lowest BCUT2D eigenvalue weighted by atomic mass is 10.1. The Morgan fingerprint density at radius 1 is 1.00 bits per heavy atom. The monoisotopic (exact) mass is 367 g/mol. The minimum absolute atomic E-state index is 0.0279. The van der Waals surface area contributed by atoms with Crippen LogP contribution in [0, 0.1) is 5.92 Å². The maximum Gasteiger partial charge on any atom is 0.241 e. The molecule has 0 radical (unpaired) electrons. The largest absolute Gasteiger partial charge is 0.340 e. The zero-order valence-electron chi connectivity index (χ0n) is 16.5. The van der Waals surface area contributed by atoms with Crippen LogP contribution in [0.5, 0.6) is 0 Å². The van der Waals surface area contributed by atoms with Crippen molar-refractivity contribution in [2.75, 3.05) is 44.2 Å². The van der Waals surface area contributed by atoms with E-state index < -0.39 is 0 Å². The minimum Gasteiger partial charge on any atom is -0.340 e. The van der Waals surface area contributed by atoms with Gasteiger partial charge in [-0.2, -0.15) is 0 Å². The van der Waals surface area contributed by atoms with E-state index in [1.165, 1.54) is 0 Å². The Bertz CT molecular complexity index is 805. The van der Waals surface area contributed by atoms with E-state index in [1.807, 2.05) is 54.8 Å². The standard InChI is InChI=1S/C22H29N3O2/c1-4-25(20-11-7-9-18-8-5-6-10-19(18)20)21(26)16-23-12-14-24(15-13-23)22(27)17(2)3/h5-11,17H,4,12-16H2,1-3H3. The van der Waals surface area contributed by atoms with Crippen LogP contribution >= 0.6 is 0 Å². The number of rotatable bonds is 5. The third-order valence-electron chi connectivity index (χ3n) is 5.21. The minimum atomic E-state index is 0.0279. The van der Waals surface area contributed by atoms with E-state index in [0.29, 0.717) is 26.2 Å². The summed E-state index contributed by atoms with van der Waals surface area (Å²) in [6, 6.07) is 14.3. The van der Waals surface area contributed by atoms with Crippen LogP contribution in [-0.2, 0) is 9.59 Å². The van der Waals surface area contributed by atoms with Crippen LogP contribution in [0.2, 0.25) is 0 Å². The molecule has 1 heterocycles. The number of amides is 2. The third kappa shape index (κ3) is 4.30. The van der Waals surface area contributed by atoms with Crippen molar-refractivity contribution >= 4 is 28.3 Å². The van der Waals surface area contributed by atoms with Crippen molar-refractivity contribution in [3.8, 4) is 0 Å². The molecule has 1 fully saturated rings. The van der Waals surface area contributed by atoms with Crippen molar-refractivity contribution in [1.82, 2.24) is 9.80 Å². The van der Waals surface area contributed by atoms with E-state index in [1.54, 1.807) is 0 Å². The number of hydrogen-bond donors (Lipinski definition) is 0. The molecular weight excluding hydrogens is 338 g/mol. The van der Waals surface area contributed by atoms with E-state index in [0.717, 1.165) is 29.5 Å². The first-order valence-corrected chi connectivity index (χ1v) is 9.80. The average Bonchev–Trinajstić information content (AvgIpc) is 2.68. The maximum atomic E-state index is 13.0. The van der Waals surface area contributed by atoms with Gasteiger partial charge in [0.25, 0.3) is 0 Å². The second-order valence-electron chi connectivity index (χ2n) is 7.39. The fraction of sp³-hybridized carbons (Fsp3) is 0.455. The van der Waals surface area contributed by atoms with Crippen molar-refractivity contribution < 1.29 is 9.59 Å². The predicted molar refractivity (Wildman–Crippen MR) is 110 cm³/mol. The van der Waals surface area contributed by atoms with Gasteiger partial charge in [0.05, 0.1) is 12.2 Å². The second kappa shape index (κ2) is 8.53. The van der Waals surface area contributed by atoms with Crippen LogP contribution in [0.1, 0.15) is 20.8 Å². The molecule has 0 atom stereocenters. The summed E-state index contributed by atoms with van der Waals surface area (Å²) in [5, 5.41) is 2.24. The highest BCUT2D eigenvalue weighted by Crippen LogP contribution is 2.26. The zero-order chi connectivity index (χ0) is 19.4. The normalized spacial score (nSPS) is 15.3. The van der Waals surface area contributed by atoms with Crippen LogP contribution in [-0.4, -0.2) is 60.9 Å². The van der Waals surface area contributed by atoms with Gasteiger partial charge in [0.15, 0.2) is 0 Å². The number of carbonyl (C=O) groups is 2. The Balaban J connectivity index is 1.67. The van der Waals surface area contributed by atoms with E-state index >= 15 is 0 Å². The first-order valence-electron chi connectivity index (χ1n) is 9.80. The molecule has 2 aromatic rings. The molecule has 1 aliphatic heterocycles. The smallest absolute Gasteiger partial charge is 0.241 e. The molecule has 0 bridgehead atoms. The van der Waals surface area contributed by atoms with Crippen molar-refractivity contribution in [1.29, 1.82) is 0 Å². The number of piperazine rings is 1. The van der Waals surface area contributed by atoms with E-state index in [9.17, 15) is 9.59 Å². The Morgan fingerprint density at radius 2 is 1.67 bits per heavy atom. The first-order chi connectivity index (χ1) is 13.0. The van der Waals surface area contributed by atoms with Gasteiger partial charge in [-0.3, -0.25) is 14.5 Å². The molecule has 0 spiro atoms. The summed E-state index contributed by atoms with van der Waals surface area (Å²) in [7, 11) is 0. The van der Waals surface area contributed by atoms with Crippen LogP contribution in [0.3, 0.4) is 0 Å². The molecule has 0 N–H and O–H groups in total. The number of anilines is 1. The summed E-state index contributed by atoms with van der Waals surface area (Å²) in [4.78, 5) is 31.1. The Kier molecular flexibility index (Phi) is 6.11. The summed E-state index contributed by atoms with van der Waals surface area (Å²) in [6.07, 6.45) is 0. The molecule has 3 rings (SSSR count). The van der Waals surface area contributed by atoms with E-state index in [2.05, 4.69) is 23.1 Å². The molecule has 144 valence electrons. The van der Waals surface area contributed by atoms with Crippen molar-refractivity contribution in [3.05, 3.63) is 42.5 Å². The van der Waals surface area contributed by atoms with Gasteiger partial charge in [-0.15, -0.1) is 0 Å². The molecule has 27 heavy (non-hydrogen) atoms. The number of benzene rings is 2. The number of fused-ring (bicyclic) bond motifs is 1. The number of nitrogens with zero attached hydrogens (tertiary/aromatic N) is 3. The van der Waals surface area contributed by atoms with Crippen molar-refractivity contribution in [2.45, 2.75) is 20.8 Å². The van der Waals surface area contributed by atoms with Gasteiger partial charge in [0.2, 0.25) is 11.8 Å². The highest BCUT2D eigenvalue weighted by atomic mass is 16.2. The SMILES string of the molecule is CCN(C(=O)CN1CCN(C(=O)C(C)C)CC1)c1cccc2ccccc12. The van der Waals surface area contributed by atoms with Crippen LogP contribution < -0.4 is 4.90 Å². The molecule has 5 heteroatoms. The Hall–Kier alpha value is -2.40. The first kappa shape index (κ1) is 19.4. The molecule has 2 aromatic carbocycles. The lowest BCUT2D eigenvalue weighted by Crippen LogP contribution is -2.52. The summed E-state index contributed by atoms with van der Waals surface area (Å²) >= 11 is 0. The molecule has 5 nitrogen and oxygen atoms in total. The summed E-state index contributed by atoms with van der Waals surface area (Å²) in [5.74, 6) is 0.338. The highest BCUT2D eigenvalue weighted by Gasteiger charge is 2.25. The fourth-order valence-corrected chi connectivity index (χ4v) is 3.69. The number of carbonyl (C=O) groups excluding carboxylic acids is 2. The predicted octanol–water partition coefficient (Wildman–Crippen LogP) is 2.99. The van der Waals surface area contributed by atoms with Gasteiger partial charge in [0, 0.05) is 44.0 Å². The number of hydrogen-bond acceptors (Lipinski definition) is 3. The lowest BCUT2D eigenvalue weighted by Gasteiger charge is -2.36.